The molecule has 0 unspecified atom stereocenters. The second-order valence-corrected chi connectivity index (χ2v) is 2.54. The van der Waals surface area contributed by atoms with Crippen LogP contribution in [0.4, 0.5) is 0 Å². The molecule has 2 rings (SSSR count). The molecule has 14 heavy (non-hydrogen) atoms. The van der Waals surface area contributed by atoms with Crippen molar-refractivity contribution in [3.05, 3.63) is 55.1 Å². The third-order valence-corrected chi connectivity index (χ3v) is 1.71. The molecular formula is C10H11Cl2N2+. The minimum atomic E-state index is 0. The molecule has 2 aromatic rings. The third kappa shape index (κ3) is 2.98. The first-order valence-electron chi connectivity index (χ1n) is 3.89. The average Bonchev–Trinajstić information content (AvgIpc) is 2.21. The van der Waals surface area contributed by atoms with Gasteiger partial charge in [0.05, 0.1) is 12.1 Å². The summed E-state index contributed by atoms with van der Waals surface area (Å²) in [4.78, 5) is 2.99. The Hall–Kier alpha value is -1.12. The van der Waals surface area contributed by atoms with Gasteiger partial charge in [0.15, 0.2) is 24.8 Å². The number of rotatable bonds is 1. The quantitative estimate of drug-likeness (QED) is 0.515. The fourth-order valence-electron chi connectivity index (χ4n) is 1.12. The van der Waals surface area contributed by atoms with Crippen LogP contribution in [0.5, 0.6) is 0 Å². The smallest absolute Gasteiger partial charge is 0.222 e. The molecule has 0 saturated carbocycles. The van der Waals surface area contributed by atoms with Crippen LogP contribution < -0.4 is 22.0 Å². The second-order valence-electron chi connectivity index (χ2n) is 2.54. The van der Waals surface area contributed by atoms with Gasteiger partial charge in [-0.3, -0.25) is 0 Å². The molecule has 0 aliphatic rings. The molecule has 0 aliphatic heterocycles. The summed E-state index contributed by atoms with van der Waals surface area (Å²) >= 11 is 0. The summed E-state index contributed by atoms with van der Waals surface area (Å²) in [5.74, 6) is 0. The zero-order chi connectivity index (χ0) is 8.23. The molecule has 0 spiro atoms. The zero-order valence-electron chi connectivity index (χ0n) is 7.43. The van der Waals surface area contributed by atoms with E-state index in [9.17, 15) is 0 Å². The highest BCUT2D eigenvalue weighted by Gasteiger charge is 2.02. The number of pyridine rings is 2. The van der Waals surface area contributed by atoms with E-state index in [1.807, 2.05) is 55.1 Å². The molecule has 0 aromatic carbocycles. The van der Waals surface area contributed by atoms with E-state index >= 15 is 0 Å². The molecule has 0 fully saturated rings. The third-order valence-electron chi connectivity index (χ3n) is 1.71. The van der Waals surface area contributed by atoms with Crippen molar-refractivity contribution in [1.29, 1.82) is 0 Å². The highest BCUT2D eigenvalue weighted by molar-refractivity contribution is 5.85. The lowest BCUT2D eigenvalue weighted by atomic mass is 10.4. The number of hydrogen-bond donors (Lipinski definition) is 0. The molecule has 1 N–H and O–H groups in total. The van der Waals surface area contributed by atoms with Gasteiger partial charge < -0.3 is 12.4 Å². The number of H-pyrrole nitrogens is 1. The lowest BCUT2D eigenvalue weighted by Crippen LogP contribution is -3.00. The summed E-state index contributed by atoms with van der Waals surface area (Å²) in [5.41, 5.74) is 1.16. The van der Waals surface area contributed by atoms with Gasteiger partial charge in [-0.25, -0.2) is 4.98 Å². The maximum absolute atomic E-state index is 2.99. The Kier molecular flexibility index (Phi) is 5.84. The summed E-state index contributed by atoms with van der Waals surface area (Å²) in [6, 6.07) is 10.1. The number of nitrogens with zero attached hydrogens (tertiary/aromatic N) is 1. The van der Waals surface area contributed by atoms with E-state index in [-0.39, 0.29) is 24.8 Å². The molecule has 0 atom stereocenters. The Morgan fingerprint density at radius 1 is 0.929 bits per heavy atom. The van der Waals surface area contributed by atoms with Crippen LogP contribution in [0.1, 0.15) is 0 Å². The highest BCUT2D eigenvalue weighted by Crippen LogP contribution is 1.91. The van der Waals surface area contributed by atoms with Crippen molar-refractivity contribution < 1.29 is 22.0 Å². The Labute approximate surface area is 95.4 Å². The summed E-state index contributed by atoms with van der Waals surface area (Å²) in [5, 5.41) is 0. The Morgan fingerprint density at radius 2 is 1.50 bits per heavy atom. The second kappa shape index (κ2) is 6.35. The van der Waals surface area contributed by atoms with E-state index < -0.39 is 0 Å². The first-order chi connectivity index (χ1) is 5.97. The van der Waals surface area contributed by atoms with Crippen molar-refractivity contribution in [3.8, 4) is 5.69 Å². The molecule has 2 heterocycles. The SMILES string of the molecule is Cl.[Cl-].c1cc[n+](-c2cc[nH+]cc2)cc1. The summed E-state index contributed by atoms with van der Waals surface area (Å²) < 4.78 is 2.06. The van der Waals surface area contributed by atoms with Crippen LogP contribution in [0.25, 0.3) is 5.69 Å². The minimum Gasteiger partial charge on any atom is -1.00 e. The van der Waals surface area contributed by atoms with E-state index in [0.717, 1.165) is 5.69 Å². The van der Waals surface area contributed by atoms with Crippen molar-refractivity contribution in [2.24, 2.45) is 0 Å². The molecule has 0 bridgehead atoms. The number of aromatic amines is 1. The van der Waals surface area contributed by atoms with Crippen LogP contribution in [0.2, 0.25) is 0 Å². The van der Waals surface area contributed by atoms with Crippen LogP contribution in [-0.4, -0.2) is 0 Å². The summed E-state index contributed by atoms with van der Waals surface area (Å²) in [7, 11) is 0. The fourth-order valence-corrected chi connectivity index (χ4v) is 1.12. The van der Waals surface area contributed by atoms with Crippen LogP contribution in [-0.2, 0) is 0 Å². The van der Waals surface area contributed by atoms with E-state index in [0.29, 0.717) is 0 Å². The minimum absolute atomic E-state index is 0. The van der Waals surface area contributed by atoms with Gasteiger partial charge in [0, 0.05) is 12.1 Å². The molecule has 2 aromatic heterocycles. The topological polar surface area (TPSA) is 18.0 Å². The fraction of sp³-hybridized carbons (Fsp3) is 0. The van der Waals surface area contributed by atoms with Gasteiger partial charge in [-0.05, 0) is 0 Å². The van der Waals surface area contributed by atoms with Crippen LogP contribution in [0.3, 0.4) is 0 Å². The van der Waals surface area contributed by atoms with Gasteiger partial charge in [-0.15, -0.1) is 12.4 Å². The lowest BCUT2D eigenvalue weighted by Gasteiger charge is -1.89. The number of hydrogen-bond acceptors (Lipinski definition) is 0. The normalized spacial score (nSPS) is 8.29. The van der Waals surface area contributed by atoms with Gasteiger partial charge in [0.2, 0.25) is 5.69 Å². The molecule has 2 nitrogen and oxygen atoms in total. The van der Waals surface area contributed by atoms with Crippen molar-refractivity contribution in [1.82, 2.24) is 0 Å². The van der Waals surface area contributed by atoms with Crippen LogP contribution in [0, 0.1) is 0 Å². The standard InChI is InChI=1S/C10H9N2.2ClH/c1-2-8-12(9-3-1)10-4-6-11-7-5-10;;/h1-9H;2*1H/q+1;;. The van der Waals surface area contributed by atoms with Crippen LogP contribution in [0.15, 0.2) is 55.1 Å². The number of nitrogens with one attached hydrogen (secondary N) is 1. The Bertz CT molecular complexity index is 314. The van der Waals surface area contributed by atoms with Crippen molar-refractivity contribution in [3.63, 3.8) is 0 Å². The molecule has 0 amide bonds. The van der Waals surface area contributed by atoms with Gasteiger partial charge in [-0.2, -0.15) is 4.57 Å². The average molecular weight is 230 g/mol. The van der Waals surface area contributed by atoms with Gasteiger partial charge in [-0.1, -0.05) is 6.07 Å². The summed E-state index contributed by atoms with van der Waals surface area (Å²) in [6.07, 6.45) is 7.87. The van der Waals surface area contributed by atoms with Crippen molar-refractivity contribution >= 4 is 12.4 Å². The predicted molar refractivity (Wildman–Crippen MR) is 51.8 cm³/mol. The van der Waals surface area contributed by atoms with E-state index in [1.54, 1.807) is 0 Å². The largest absolute Gasteiger partial charge is 1.00 e. The lowest BCUT2D eigenvalue weighted by molar-refractivity contribution is -0.596. The molecule has 0 radical (unpaired) electrons. The van der Waals surface area contributed by atoms with E-state index in [2.05, 4.69) is 9.55 Å². The monoisotopic (exact) mass is 229 g/mol. The zero-order valence-corrected chi connectivity index (χ0v) is 9.00. The Balaban J connectivity index is 0.000000845. The summed E-state index contributed by atoms with van der Waals surface area (Å²) in [6.45, 7) is 0. The van der Waals surface area contributed by atoms with E-state index in [4.69, 9.17) is 0 Å². The number of halogens is 2. The van der Waals surface area contributed by atoms with Gasteiger partial charge in [0.25, 0.3) is 0 Å². The van der Waals surface area contributed by atoms with Crippen molar-refractivity contribution in [2.75, 3.05) is 0 Å². The first kappa shape index (κ1) is 12.9. The van der Waals surface area contributed by atoms with Gasteiger partial charge >= 0.3 is 0 Å². The maximum Gasteiger partial charge on any atom is 0.222 e. The molecule has 4 heteroatoms. The predicted octanol–water partition coefficient (Wildman–Crippen LogP) is -1.80. The van der Waals surface area contributed by atoms with Crippen LogP contribution >= 0.6 is 12.4 Å². The maximum atomic E-state index is 2.99. The highest BCUT2D eigenvalue weighted by atomic mass is 35.5. The molecular weight excluding hydrogens is 219 g/mol. The van der Waals surface area contributed by atoms with E-state index in [1.165, 1.54) is 0 Å². The molecule has 74 valence electrons. The van der Waals surface area contributed by atoms with Crippen molar-refractivity contribution in [2.45, 2.75) is 0 Å². The van der Waals surface area contributed by atoms with Gasteiger partial charge in [0.1, 0.15) is 0 Å². The number of aromatic nitrogens is 2. The molecule has 0 saturated heterocycles. The molecule has 0 aliphatic carbocycles. The Morgan fingerprint density at radius 3 is 2.07 bits per heavy atom. The first-order valence-corrected chi connectivity index (χ1v) is 3.89.